The summed E-state index contributed by atoms with van der Waals surface area (Å²) in [4.78, 5) is 14.9. The first-order chi connectivity index (χ1) is 16.0. The number of hydrogen-bond donors (Lipinski definition) is 1. The van der Waals surface area contributed by atoms with Crippen molar-refractivity contribution < 1.29 is 9.18 Å². The van der Waals surface area contributed by atoms with Crippen molar-refractivity contribution in [3.05, 3.63) is 71.8 Å². The normalized spacial score (nSPS) is 14.6. The fraction of sp³-hybridized carbons (Fsp3) is 0.280. The predicted octanol–water partition coefficient (Wildman–Crippen LogP) is 4.43. The van der Waals surface area contributed by atoms with Crippen molar-refractivity contribution in [3.8, 4) is 5.69 Å². The first-order valence-electron chi connectivity index (χ1n) is 11.1. The van der Waals surface area contributed by atoms with Crippen molar-refractivity contribution in [3.63, 3.8) is 0 Å². The molecule has 0 spiro atoms. The van der Waals surface area contributed by atoms with Crippen LogP contribution in [-0.4, -0.2) is 39.0 Å². The molecule has 0 saturated carbocycles. The molecule has 5 rings (SSSR count). The van der Waals surface area contributed by atoms with Gasteiger partial charge in [0.2, 0.25) is 5.91 Å². The molecule has 1 aliphatic rings. The van der Waals surface area contributed by atoms with Gasteiger partial charge in [0.25, 0.3) is 0 Å². The van der Waals surface area contributed by atoms with E-state index >= 15 is 0 Å². The SMILES string of the molecule is Cc1nnc(N2CCC(C(=O)Nc3ccc(F)cc3)CC2)c2nn(-c3ccccc3)c(C)c12. The van der Waals surface area contributed by atoms with Crippen molar-refractivity contribution in [1.29, 1.82) is 0 Å². The lowest BCUT2D eigenvalue weighted by atomic mass is 9.95. The molecule has 1 saturated heterocycles. The molecule has 8 heteroatoms. The maximum Gasteiger partial charge on any atom is 0.227 e. The Bertz CT molecular complexity index is 1290. The second kappa shape index (κ2) is 8.61. The van der Waals surface area contributed by atoms with Crippen LogP contribution in [0.15, 0.2) is 54.6 Å². The standard InChI is InChI=1S/C25H25FN6O/c1-16-22-17(2)32(21-6-4-3-5-7-21)30-23(22)24(29-28-16)31-14-12-18(13-15-31)25(33)27-20-10-8-19(26)9-11-20/h3-11,18H,12-15H2,1-2H3,(H,27,33). The van der Waals surface area contributed by atoms with E-state index < -0.39 is 0 Å². The van der Waals surface area contributed by atoms with Gasteiger partial charge in [0.05, 0.1) is 22.5 Å². The maximum absolute atomic E-state index is 13.1. The lowest BCUT2D eigenvalue weighted by Crippen LogP contribution is -2.38. The summed E-state index contributed by atoms with van der Waals surface area (Å²) in [7, 11) is 0. The summed E-state index contributed by atoms with van der Waals surface area (Å²) in [6, 6.07) is 15.9. The molecule has 0 bridgehead atoms. The molecule has 2 aromatic heterocycles. The number of piperidine rings is 1. The highest BCUT2D eigenvalue weighted by Gasteiger charge is 2.28. The third-order valence-electron chi connectivity index (χ3n) is 6.26. The lowest BCUT2D eigenvalue weighted by molar-refractivity contribution is -0.120. The van der Waals surface area contributed by atoms with Gasteiger partial charge in [0, 0.05) is 24.7 Å². The summed E-state index contributed by atoms with van der Waals surface area (Å²) in [6.07, 6.45) is 1.39. The van der Waals surface area contributed by atoms with Crippen LogP contribution in [0.4, 0.5) is 15.9 Å². The molecule has 1 amide bonds. The van der Waals surface area contributed by atoms with Crippen LogP contribution in [0.5, 0.6) is 0 Å². The fourth-order valence-corrected chi connectivity index (χ4v) is 4.48. The van der Waals surface area contributed by atoms with Crippen molar-refractivity contribution in [2.75, 3.05) is 23.3 Å². The minimum Gasteiger partial charge on any atom is -0.353 e. The number of carbonyl (C=O) groups excluding carboxylic acids is 1. The molecule has 33 heavy (non-hydrogen) atoms. The molecule has 4 aromatic rings. The second-order valence-electron chi connectivity index (χ2n) is 8.42. The quantitative estimate of drug-likeness (QED) is 0.504. The summed E-state index contributed by atoms with van der Waals surface area (Å²) in [6.45, 7) is 5.37. The number of hydrogen-bond acceptors (Lipinski definition) is 5. The third-order valence-corrected chi connectivity index (χ3v) is 6.26. The van der Waals surface area contributed by atoms with E-state index in [1.165, 1.54) is 12.1 Å². The van der Waals surface area contributed by atoms with Crippen LogP contribution < -0.4 is 10.2 Å². The number of para-hydroxylation sites is 1. The smallest absolute Gasteiger partial charge is 0.227 e. The molecular formula is C25H25FN6O. The number of nitrogens with zero attached hydrogens (tertiary/aromatic N) is 5. The Kier molecular flexibility index (Phi) is 5.50. The van der Waals surface area contributed by atoms with Gasteiger partial charge in [-0.3, -0.25) is 4.79 Å². The average Bonchev–Trinajstić information content (AvgIpc) is 3.19. The summed E-state index contributed by atoms with van der Waals surface area (Å²) in [5.41, 5.74) is 4.31. The second-order valence-corrected chi connectivity index (χ2v) is 8.42. The lowest BCUT2D eigenvalue weighted by Gasteiger charge is -2.32. The third kappa shape index (κ3) is 4.04. The number of benzene rings is 2. The largest absolute Gasteiger partial charge is 0.353 e. The van der Waals surface area contributed by atoms with Gasteiger partial charge in [0.15, 0.2) is 5.82 Å². The molecule has 1 fully saturated rings. The van der Waals surface area contributed by atoms with Crippen molar-refractivity contribution in [2.45, 2.75) is 26.7 Å². The van der Waals surface area contributed by atoms with Crippen molar-refractivity contribution in [2.24, 2.45) is 5.92 Å². The molecule has 3 heterocycles. The fourth-order valence-electron chi connectivity index (χ4n) is 4.48. The zero-order chi connectivity index (χ0) is 22.9. The molecule has 0 aliphatic carbocycles. The summed E-state index contributed by atoms with van der Waals surface area (Å²) in [5.74, 6) is 0.289. The highest BCUT2D eigenvalue weighted by atomic mass is 19.1. The topological polar surface area (TPSA) is 75.9 Å². The number of aryl methyl sites for hydroxylation is 2. The number of halogens is 1. The minimum absolute atomic E-state index is 0.0365. The number of anilines is 2. The van der Waals surface area contributed by atoms with Crippen LogP contribution in [-0.2, 0) is 4.79 Å². The van der Waals surface area contributed by atoms with E-state index in [1.807, 2.05) is 48.9 Å². The predicted molar refractivity (Wildman–Crippen MR) is 126 cm³/mol. The zero-order valence-corrected chi connectivity index (χ0v) is 18.6. The monoisotopic (exact) mass is 444 g/mol. The Balaban J connectivity index is 1.36. The molecule has 0 atom stereocenters. The van der Waals surface area contributed by atoms with Gasteiger partial charge in [-0.25, -0.2) is 9.07 Å². The average molecular weight is 445 g/mol. The van der Waals surface area contributed by atoms with Crippen LogP contribution in [0.2, 0.25) is 0 Å². The summed E-state index contributed by atoms with van der Waals surface area (Å²) >= 11 is 0. The Hall–Kier alpha value is -3.81. The van der Waals surface area contributed by atoms with E-state index in [4.69, 9.17) is 5.10 Å². The Morgan fingerprint density at radius 1 is 1.00 bits per heavy atom. The van der Waals surface area contributed by atoms with Crippen LogP contribution in [0, 0.1) is 25.6 Å². The number of nitrogens with one attached hydrogen (secondary N) is 1. The van der Waals surface area contributed by atoms with Gasteiger partial charge in [-0.2, -0.15) is 10.2 Å². The highest BCUT2D eigenvalue weighted by molar-refractivity contribution is 5.94. The van der Waals surface area contributed by atoms with Crippen LogP contribution in [0.25, 0.3) is 16.6 Å². The van der Waals surface area contributed by atoms with E-state index in [-0.39, 0.29) is 17.6 Å². The van der Waals surface area contributed by atoms with E-state index in [0.29, 0.717) is 31.6 Å². The number of amides is 1. The molecule has 0 radical (unpaired) electrons. The Labute approximate surface area is 191 Å². The van der Waals surface area contributed by atoms with Gasteiger partial charge in [-0.05, 0) is 63.1 Å². The minimum atomic E-state index is -0.322. The molecule has 2 aromatic carbocycles. The van der Waals surface area contributed by atoms with Crippen LogP contribution in [0.1, 0.15) is 24.2 Å². The van der Waals surface area contributed by atoms with Gasteiger partial charge in [-0.1, -0.05) is 18.2 Å². The molecule has 0 unspecified atom stereocenters. The Morgan fingerprint density at radius 3 is 2.39 bits per heavy atom. The maximum atomic E-state index is 13.1. The van der Waals surface area contributed by atoms with Gasteiger partial charge < -0.3 is 10.2 Å². The van der Waals surface area contributed by atoms with Crippen LogP contribution >= 0.6 is 0 Å². The van der Waals surface area contributed by atoms with Crippen molar-refractivity contribution >= 4 is 28.3 Å². The first kappa shape index (κ1) is 21.1. The molecule has 7 nitrogen and oxygen atoms in total. The molecule has 1 aliphatic heterocycles. The summed E-state index contributed by atoms with van der Waals surface area (Å²) in [5, 5.41) is 17.7. The molecule has 168 valence electrons. The van der Waals surface area contributed by atoms with E-state index in [0.717, 1.165) is 33.8 Å². The summed E-state index contributed by atoms with van der Waals surface area (Å²) < 4.78 is 15.0. The number of fused-ring (bicyclic) bond motifs is 1. The first-order valence-corrected chi connectivity index (χ1v) is 11.1. The van der Waals surface area contributed by atoms with E-state index in [1.54, 1.807) is 12.1 Å². The van der Waals surface area contributed by atoms with E-state index in [2.05, 4.69) is 20.4 Å². The van der Waals surface area contributed by atoms with Crippen LogP contribution in [0.3, 0.4) is 0 Å². The van der Waals surface area contributed by atoms with Gasteiger partial charge in [-0.15, -0.1) is 5.10 Å². The highest BCUT2D eigenvalue weighted by Crippen LogP contribution is 2.31. The molecule has 1 N–H and O–H groups in total. The number of carbonyl (C=O) groups is 1. The van der Waals surface area contributed by atoms with Crippen molar-refractivity contribution in [1.82, 2.24) is 20.0 Å². The molecular weight excluding hydrogens is 419 g/mol. The zero-order valence-electron chi connectivity index (χ0n) is 18.6. The van der Waals surface area contributed by atoms with Gasteiger partial charge >= 0.3 is 0 Å². The number of aromatic nitrogens is 4. The number of rotatable bonds is 4. The van der Waals surface area contributed by atoms with Gasteiger partial charge in [0.1, 0.15) is 11.3 Å². The Morgan fingerprint density at radius 2 is 1.70 bits per heavy atom. The van der Waals surface area contributed by atoms with E-state index in [9.17, 15) is 9.18 Å².